The molecule has 1 atom stereocenters. The van der Waals surface area contributed by atoms with Gasteiger partial charge in [0.1, 0.15) is 0 Å². The maximum Gasteiger partial charge on any atom is 0.0701 e. The largest absolute Gasteiger partial charge is 0.382 e. The molecule has 0 spiro atoms. The summed E-state index contributed by atoms with van der Waals surface area (Å²) in [6, 6.07) is 0.412. The molecule has 0 aromatic rings. The van der Waals surface area contributed by atoms with Crippen molar-refractivity contribution in [1.82, 2.24) is 10.6 Å². The van der Waals surface area contributed by atoms with Gasteiger partial charge in [-0.05, 0) is 51.6 Å². The van der Waals surface area contributed by atoms with Crippen LogP contribution in [-0.4, -0.2) is 65.5 Å². The van der Waals surface area contributed by atoms with Gasteiger partial charge in [-0.15, -0.1) is 0 Å². The Balaban J connectivity index is 2.25. The van der Waals surface area contributed by atoms with Gasteiger partial charge in [-0.3, -0.25) is 4.99 Å². The number of nitrogens with one attached hydrogen (secondary N) is 2. The summed E-state index contributed by atoms with van der Waals surface area (Å²) in [7, 11) is 1.92. The van der Waals surface area contributed by atoms with Crippen LogP contribution in [0.4, 0.5) is 0 Å². The minimum absolute atomic E-state index is 0.412. The molecule has 1 heterocycles. The van der Waals surface area contributed by atoms with Crippen molar-refractivity contribution in [3.05, 3.63) is 23.5 Å². The average molecular weight is 396 g/mol. The van der Waals surface area contributed by atoms with Crippen LogP contribution in [0.25, 0.3) is 0 Å². The molecule has 2 N–H and O–H groups in total. The molecule has 1 saturated heterocycles. The zero-order valence-electron chi connectivity index (χ0n) is 18.2. The van der Waals surface area contributed by atoms with Crippen molar-refractivity contribution in [2.24, 2.45) is 4.99 Å². The SMILES string of the molecule is CCC/C=C(/C=N/C=C(\C)NC1CCCOC1)CCCOCCOCCNC. The first kappa shape index (κ1) is 24.8. The lowest BCUT2D eigenvalue weighted by molar-refractivity contribution is 0.0485. The predicted molar refractivity (Wildman–Crippen MR) is 117 cm³/mol. The summed E-state index contributed by atoms with van der Waals surface area (Å²) in [6.45, 7) is 9.61. The van der Waals surface area contributed by atoms with E-state index in [1.54, 1.807) is 0 Å². The third-order valence-electron chi connectivity index (χ3n) is 4.42. The molecule has 6 nitrogen and oxygen atoms in total. The van der Waals surface area contributed by atoms with E-state index in [0.717, 1.165) is 77.2 Å². The fraction of sp³-hybridized carbons (Fsp3) is 0.773. The highest BCUT2D eigenvalue weighted by molar-refractivity contribution is 5.78. The van der Waals surface area contributed by atoms with Crippen LogP contribution in [0.5, 0.6) is 0 Å². The quantitative estimate of drug-likeness (QED) is 0.310. The molecule has 6 heteroatoms. The third kappa shape index (κ3) is 13.9. The molecular weight excluding hydrogens is 354 g/mol. The van der Waals surface area contributed by atoms with E-state index in [1.807, 2.05) is 19.5 Å². The predicted octanol–water partition coefficient (Wildman–Crippen LogP) is 3.45. The molecule has 0 amide bonds. The van der Waals surface area contributed by atoms with Crippen molar-refractivity contribution < 1.29 is 14.2 Å². The van der Waals surface area contributed by atoms with E-state index in [1.165, 1.54) is 5.57 Å². The number of hydrogen-bond acceptors (Lipinski definition) is 6. The number of unbranched alkanes of at least 4 members (excludes halogenated alkanes) is 1. The molecule has 0 aliphatic carbocycles. The van der Waals surface area contributed by atoms with Gasteiger partial charge in [-0.1, -0.05) is 19.4 Å². The highest BCUT2D eigenvalue weighted by atomic mass is 16.5. The summed E-state index contributed by atoms with van der Waals surface area (Å²) in [5, 5.41) is 6.54. The molecule has 0 bridgehead atoms. The molecule has 1 fully saturated rings. The van der Waals surface area contributed by atoms with Gasteiger partial charge in [0, 0.05) is 43.9 Å². The van der Waals surface area contributed by atoms with Crippen LogP contribution >= 0.6 is 0 Å². The Labute approximate surface area is 171 Å². The summed E-state index contributed by atoms with van der Waals surface area (Å²) in [5.41, 5.74) is 2.36. The van der Waals surface area contributed by atoms with Crippen LogP contribution in [0.15, 0.2) is 28.5 Å². The first-order chi connectivity index (χ1) is 13.8. The van der Waals surface area contributed by atoms with Gasteiger partial charge < -0.3 is 24.8 Å². The van der Waals surface area contributed by atoms with E-state index in [0.29, 0.717) is 19.3 Å². The molecule has 0 aromatic heterocycles. The monoisotopic (exact) mass is 395 g/mol. The maximum absolute atomic E-state index is 5.65. The van der Waals surface area contributed by atoms with Crippen molar-refractivity contribution in [3.63, 3.8) is 0 Å². The summed E-state index contributed by atoms with van der Waals surface area (Å²) in [4.78, 5) is 4.52. The molecule has 162 valence electrons. The van der Waals surface area contributed by atoms with Crippen LogP contribution in [0.1, 0.15) is 52.4 Å². The highest BCUT2D eigenvalue weighted by Gasteiger charge is 2.12. The van der Waals surface area contributed by atoms with Crippen LogP contribution in [0.3, 0.4) is 0 Å². The van der Waals surface area contributed by atoms with Gasteiger partial charge in [0.05, 0.1) is 26.4 Å². The normalized spacial score (nSPS) is 18.8. The second-order valence-electron chi connectivity index (χ2n) is 7.15. The Morgan fingerprint density at radius 2 is 2.04 bits per heavy atom. The van der Waals surface area contributed by atoms with E-state index in [4.69, 9.17) is 14.2 Å². The van der Waals surface area contributed by atoms with Gasteiger partial charge in [-0.25, -0.2) is 0 Å². The maximum atomic E-state index is 5.65. The van der Waals surface area contributed by atoms with Gasteiger partial charge in [0.2, 0.25) is 0 Å². The standard InChI is InChI=1S/C22H41N3O3/c1-4-5-8-21(9-6-12-26-15-16-27-14-11-23-3)18-24-17-20(2)25-22-10-7-13-28-19-22/h8,17-18,22-23,25H,4-7,9-16,19H2,1-3H3/b20-17+,21-8+,24-18+. The van der Waals surface area contributed by atoms with E-state index < -0.39 is 0 Å². The summed E-state index contributed by atoms with van der Waals surface area (Å²) < 4.78 is 16.6. The smallest absolute Gasteiger partial charge is 0.0701 e. The zero-order chi connectivity index (χ0) is 20.3. The molecule has 1 aliphatic heterocycles. The van der Waals surface area contributed by atoms with E-state index in [9.17, 15) is 0 Å². The number of nitrogens with zero attached hydrogens (tertiary/aromatic N) is 1. The van der Waals surface area contributed by atoms with E-state index in [2.05, 4.69) is 35.5 Å². The number of likely N-dealkylation sites (N-methyl/N-ethyl adjacent to an activating group) is 1. The minimum atomic E-state index is 0.412. The Kier molecular flexibility index (Phi) is 15.8. The molecule has 1 unspecified atom stereocenters. The minimum Gasteiger partial charge on any atom is -0.382 e. The first-order valence-electron chi connectivity index (χ1n) is 10.8. The summed E-state index contributed by atoms with van der Waals surface area (Å²) >= 11 is 0. The van der Waals surface area contributed by atoms with Gasteiger partial charge >= 0.3 is 0 Å². The number of allylic oxidation sites excluding steroid dienone is 3. The fourth-order valence-corrected chi connectivity index (χ4v) is 2.88. The Bertz CT molecular complexity index is 458. The van der Waals surface area contributed by atoms with Crippen molar-refractivity contribution in [2.75, 3.05) is 53.2 Å². The Morgan fingerprint density at radius 3 is 2.75 bits per heavy atom. The van der Waals surface area contributed by atoms with E-state index in [-0.39, 0.29) is 0 Å². The molecule has 0 radical (unpaired) electrons. The van der Waals surface area contributed by atoms with Crippen LogP contribution in [0, 0.1) is 0 Å². The molecule has 1 aliphatic rings. The second kappa shape index (κ2) is 17.9. The lowest BCUT2D eigenvalue weighted by atomic mass is 10.1. The second-order valence-corrected chi connectivity index (χ2v) is 7.15. The number of hydrogen-bond donors (Lipinski definition) is 2. The van der Waals surface area contributed by atoms with Crippen molar-refractivity contribution in [2.45, 2.75) is 58.4 Å². The van der Waals surface area contributed by atoms with Gasteiger partial charge in [0.25, 0.3) is 0 Å². The molecule has 1 rings (SSSR count). The van der Waals surface area contributed by atoms with Crippen LogP contribution in [-0.2, 0) is 14.2 Å². The first-order valence-corrected chi connectivity index (χ1v) is 10.8. The topological polar surface area (TPSA) is 64.1 Å². The molecule has 28 heavy (non-hydrogen) atoms. The molecule has 0 saturated carbocycles. The van der Waals surface area contributed by atoms with E-state index >= 15 is 0 Å². The number of rotatable bonds is 16. The summed E-state index contributed by atoms with van der Waals surface area (Å²) in [5.74, 6) is 0. The van der Waals surface area contributed by atoms with Crippen molar-refractivity contribution >= 4 is 6.21 Å². The van der Waals surface area contributed by atoms with Crippen molar-refractivity contribution in [3.8, 4) is 0 Å². The zero-order valence-corrected chi connectivity index (χ0v) is 18.2. The lowest BCUT2D eigenvalue weighted by Crippen LogP contribution is -2.35. The Morgan fingerprint density at radius 1 is 1.21 bits per heavy atom. The lowest BCUT2D eigenvalue weighted by Gasteiger charge is -2.24. The summed E-state index contributed by atoms with van der Waals surface area (Å²) in [6.07, 6.45) is 12.7. The third-order valence-corrected chi connectivity index (χ3v) is 4.42. The van der Waals surface area contributed by atoms with Crippen LogP contribution in [0.2, 0.25) is 0 Å². The molecule has 0 aromatic carbocycles. The van der Waals surface area contributed by atoms with Gasteiger partial charge in [-0.2, -0.15) is 0 Å². The van der Waals surface area contributed by atoms with Crippen molar-refractivity contribution in [1.29, 1.82) is 0 Å². The number of aliphatic imine (C=N–C) groups is 1. The average Bonchev–Trinajstić information content (AvgIpc) is 2.71. The highest BCUT2D eigenvalue weighted by Crippen LogP contribution is 2.08. The fourth-order valence-electron chi connectivity index (χ4n) is 2.88. The Hall–Kier alpha value is -1.21. The number of ether oxygens (including phenoxy) is 3. The van der Waals surface area contributed by atoms with Gasteiger partial charge in [0.15, 0.2) is 0 Å². The van der Waals surface area contributed by atoms with Crippen LogP contribution < -0.4 is 10.6 Å². The molecular formula is C22H41N3O3.